The molecule has 2 heterocycles. The average Bonchev–Trinajstić information content (AvgIpc) is 3.40. The maximum absolute atomic E-state index is 14.6. The van der Waals surface area contributed by atoms with Crippen molar-refractivity contribution in [2.24, 2.45) is 5.41 Å². The van der Waals surface area contributed by atoms with Gasteiger partial charge in [-0.25, -0.2) is 0 Å². The van der Waals surface area contributed by atoms with Gasteiger partial charge in [0.15, 0.2) is 17.3 Å². The van der Waals surface area contributed by atoms with E-state index in [2.05, 4.69) is 15.9 Å². The number of ketones is 3. The molecule has 0 unspecified atom stereocenters. The number of carbonyl (C=O) groups excluding carboxylic acids is 3. The van der Waals surface area contributed by atoms with E-state index in [0.717, 1.165) is 21.3 Å². The number of nitrogens with zero attached hydrogens (tertiary/aromatic N) is 1. The lowest BCUT2D eigenvalue weighted by molar-refractivity contribution is 0.0666. The SMILES string of the molecule is O=C(c1ccccc1)[C@H]1[C@H](c2ccc(Br)cc2)C2(C(=O)c3ccccc3C2=O)[C@H]2C=Cc3ccccc3N12. The number of fused-ring (bicyclic) bond motifs is 5. The zero-order chi connectivity index (χ0) is 26.0. The zero-order valence-corrected chi connectivity index (χ0v) is 21.8. The van der Waals surface area contributed by atoms with E-state index in [1.54, 1.807) is 36.4 Å². The molecule has 1 spiro atoms. The number of hydrogen-bond donors (Lipinski definition) is 0. The van der Waals surface area contributed by atoms with Gasteiger partial charge in [-0.3, -0.25) is 14.4 Å². The molecular weight excluding hydrogens is 538 g/mol. The Labute approximate surface area is 228 Å². The van der Waals surface area contributed by atoms with Crippen molar-refractivity contribution in [3.05, 3.63) is 141 Å². The van der Waals surface area contributed by atoms with Gasteiger partial charge in [0.1, 0.15) is 11.5 Å². The van der Waals surface area contributed by atoms with Crippen molar-refractivity contribution < 1.29 is 14.4 Å². The lowest BCUT2D eigenvalue weighted by Crippen LogP contribution is -2.48. The predicted octanol–water partition coefficient (Wildman–Crippen LogP) is 6.77. The van der Waals surface area contributed by atoms with Gasteiger partial charge in [-0.2, -0.15) is 0 Å². The van der Waals surface area contributed by atoms with Crippen LogP contribution >= 0.6 is 15.9 Å². The first-order chi connectivity index (χ1) is 18.5. The van der Waals surface area contributed by atoms with Crippen molar-refractivity contribution in [3.63, 3.8) is 0 Å². The fraction of sp³-hybridized carbons (Fsp3) is 0.121. The Morgan fingerprint density at radius 2 is 1.34 bits per heavy atom. The fourth-order valence-corrected chi connectivity index (χ4v) is 7.00. The van der Waals surface area contributed by atoms with Gasteiger partial charge in [0.05, 0.1) is 6.04 Å². The molecule has 0 amide bonds. The third kappa shape index (κ3) is 2.99. The van der Waals surface area contributed by atoms with Gasteiger partial charge in [-0.05, 0) is 29.3 Å². The van der Waals surface area contributed by atoms with Gasteiger partial charge in [0, 0.05) is 32.8 Å². The van der Waals surface area contributed by atoms with Gasteiger partial charge in [0.2, 0.25) is 0 Å². The monoisotopic (exact) mass is 559 g/mol. The summed E-state index contributed by atoms with van der Waals surface area (Å²) in [6, 6.07) is 30.4. The maximum atomic E-state index is 14.6. The number of anilines is 1. The summed E-state index contributed by atoms with van der Waals surface area (Å²) in [6.07, 6.45) is 3.93. The molecule has 0 N–H and O–H groups in total. The highest BCUT2D eigenvalue weighted by atomic mass is 79.9. The van der Waals surface area contributed by atoms with Crippen molar-refractivity contribution in [2.75, 3.05) is 4.90 Å². The van der Waals surface area contributed by atoms with Crippen LogP contribution in [0.5, 0.6) is 0 Å². The highest BCUT2D eigenvalue weighted by Crippen LogP contribution is 2.61. The number of rotatable bonds is 3. The van der Waals surface area contributed by atoms with Gasteiger partial charge >= 0.3 is 0 Å². The van der Waals surface area contributed by atoms with Crippen LogP contribution in [0.25, 0.3) is 6.08 Å². The van der Waals surface area contributed by atoms with Crippen molar-refractivity contribution in [1.29, 1.82) is 0 Å². The van der Waals surface area contributed by atoms with Crippen molar-refractivity contribution in [2.45, 2.75) is 18.0 Å². The summed E-state index contributed by atoms with van der Waals surface area (Å²) in [4.78, 5) is 45.6. The number of benzene rings is 4. The second kappa shape index (κ2) is 8.47. The molecule has 3 aliphatic rings. The van der Waals surface area contributed by atoms with Crippen LogP contribution in [0.3, 0.4) is 0 Å². The van der Waals surface area contributed by atoms with Crippen LogP contribution in [0.2, 0.25) is 0 Å². The minimum Gasteiger partial charge on any atom is -0.352 e. The second-order valence-corrected chi connectivity index (χ2v) is 11.0. The molecule has 1 fully saturated rings. The Bertz CT molecular complexity index is 1620. The smallest absolute Gasteiger partial charge is 0.185 e. The van der Waals surface area contributed by atoms with Gasteiger partial charge in [-0.1, -0.05) is 113 Å². The summed E-state index contributed by atoms with van der Waals surface area (Å²) >= 11 is 3.52. The first-order valence-corrected chi connectivity index (χ1v) is 13.4. The number of halogens is 1. The first-order valence-electron chi connectivity index (χ1n) is 12.6. The number of carbonyl (C=O) groups is 3. The first kappa shape index (κ1) is 23.1. The van der Waals surface area contributed by atoms with Gasteiger partial charge in [0.25, 0.3) is 0 Å². The average molecular weight is 560 g/mol. The summed E-state index contributed by atoms with van der Waals surface area (Å²) in [5.74, 6) is -1.24. The van der Waals surface area contributed by atoms with Crippen LogP contribution in [0, 0.1) is 5.41 Å². The number of para-hydroxylation sites is 1. The van der Waals surface area contributed by atoms with Crippen LogP contribution < -0.4 is 4.90 Å². The maximum Gasteiger partial charge on any atom is 0.185 e. The van der Waals surface area contributed by atoms with Gasteiger partial charge in [-0.15, -0.1) is 0 Å². The molecule has 38 heavy (non-hydrogen) atoms. The van der Waals surface area contributed by atoms with Crippen molar-refractivity contribution in [3.8, 4) is 0 Å². The summed E-state index contributed by atoms with van der Waals surface area (Å²) in [5, 5.41) is 0. The largest absolute Gasteiger partial charge is 0.352 e. The summed E-state index contributed by atoms with van der Waals surface area (Å²) in [6.45, 7) is 0. The van der Waals surface area contributed by atoms with E-state index in [-0.39, 0.29) is 17.3 Å². The van der Waals surface area contributed by atoms with Crippen LogP contribution in [0.1, 0.15) is 48.1 Å². The summed E-state index contributed by atoms with van der Waals surface area (Å²) < 4.78 is 0.884. The fourth-order valence-electron chi connectivity index (χ4n) is 6.73. The Balaban J connectivity index is 1.55. The molecule has 1 saturated heterocycles. The highest BCUT2D eigenvalue weighted by Gasteiger charge is 2.71. The van der Waals surface area contributed by atoms with Crippen LogP contribution in [0.15, 0.2) is 114 Å². The third-order valence-electron chi connectivity index (χ3n) is 8.27. The lowest BCUT2D eigenvalue weighted by Gasteiger charge is -2.37. The molecule has 7 rings (SSSR count). The van der Waals surface area contributed by atoms with Gasteiger partial charge < -0.3 is 4.90 Å². The van der Waals surface area contributed by atoms with E-state index >= 15 is 0 Å². The summed E-state index contributed by atoms with van der Waals surface area (Å²) in [7, 11) is 0. The van der Waals surface area contributed by atoms with Crippen LogP contribution in [0.4, 0.5) is 5.69 Å². The van der Waals surface area contributed by atoms with Crippen molar-refractivity contribution >= 4 is 45.0 Å². The predicted molar refractivity (Wildman–Crippen MR) is 151 cm³/mol. The molecule has 184 valence electrons. The normalized spacial score (nSPS) is 22.3. The number of Topliss-reactive ketones (excluding diaryl/α,β-unsaturated/α-hetero) is 3. The van der Waals surface area contributed by atoms with Crippen LogP contribution in [-0.4, -0.2) is 29.4 Å². The molecule has 4 aromatic carbocycles. The summed E-state index contributed by atoms with van der Waals surface area (Å²) in [5.41, 5.74) is 2.53. The molecule has 0 radical (unpaired) electrons. The molecule has 0 bridgehead atoms. The molecule has 4 aromatic rings. The standard InChI is InChI=1S/C33H22BrNO3/c34-23-17-14-21(15-18-23)28-29(30(36)22-9-2-1-3-10-22)35-26-13-7-4-8-20(26)16-19-27(35)33(28)31(37)24-11-5-6-12-25(24)32(33)38/h1-19,27-29H/t27-,28+,29-/m1/s1. The zero-order valence-electron chi connectivity index (χ0n) is 20.3. The Morgan fingerprint density at radius 1 is 0.737 bits per heavy atom. The molecule has 0 aromatic heterocycles. The van der Waals surface area contributed by atoms with E-state index in [0.29, 0.717) is 16.7 Å². The topological polar surface area (TPSA) is 54.5 Å². The third-order valence-corrected chi connectivity index (χ3v) is 8.80. The molecule has 3 atom stereocenters. The molecule has 2 aliphatic heterocycles. The van der Waals surface area contributed by atoms with E-state index in [9.17, 15) is 14.4 Å². The Kier molecular flexibility index (Phi) is 5.14. The number of hydrogen-bond acceptors (Lipinski definition) is 4. The van der Waals surface area contributed by atoms with Crippen LogP contribution in [-0.2, 0) is 0 Å². The Hall–Kier alpha value is -4.09. The van der Waals surface area contributed by atoms with E-state index in [1.807, 2.05) is 83.8 Å². The lowest BCUT2D eigenvalue weighted by atomic mass is 9.64. The molecule has 5 heteroatoms. The van der Waals surface area contributed by atoms with E-state index < -0.39 is 23.4 Å². The quantitative estimate of drug-likeness (QED) is 0.205. The van der Waals surface area contributed by atoms with E-state index in [4.69, 9.17) is 0 Å². The molecule has 0 saturated carbocycles. The Morgan fingerprint density at radius 3 is 2.03 bits per heavy atom. The van der Waals surface area contributed by atoms with E-state index in [1.165, 1.54) is 0 Å². The molecule has 1 aliphatic carbocycles. The highest BCUT2D eigenvalue weighted by molar-refractivity contribution is 9.10. The second-order valence-electron chi connectivity index (χ2n) is 10.0. The van der Waals surface area contributed by atoms with Crippen molar-refractivity contribution in [1.82, 2.24) is 0 Å². The minimum absolute atomic E-state index is 0.109. The minimum atomic E-state index is -1.48. The molecular formula is C33H22BrNO3. The molecule has 4 nitrogen and oxygen atoms in total.